The molecule has 0 aliphatic heterocycles. The summed E-state index contributed by atoms with van der Waals surface area (Å²) in [5.74, 6) is -7.84. The highest BCUT2D eigenvalue weighted by Gasteiger charge is 2.23. The van der Waals surface area contributed by atoms with E-state index >= 15 is 0 Å². The molecule has 1 heterocycles. The van der Waals surface area contributed by atoms with Gasteiger partial charge in [0.25, 0.3) is 0 Å². The summed E-state index contributed by atoms with van der Waals surface area (Å²) >= 11 is 0.773. The zero-order chi connectivity index (χ0) is 21.3. The molecule has 5 nitrogen and oxygen atoms in total. The summed E-state index contributed by atoms with van der Waals surface area (Å²) in [4.78, 5) is 29.2. The molecule has 152 valence electrons. The Labute approximate surface area is 167 Å². The van der Waals surface area contributed by atoms with E-state index in [1.165, 1.54) is 6.07 Å². The van der Waals surface area contributed by atoms with E-state index in [0.717, 1.165) is 11.3 Å². The summed E-state index contributed by atoms with van der Waals surface area (Å²) in [6.07, 6.45) is 0.135. The molecule has 3 rings (SSSR count). The van der Waals surface area contributed by atoms with E-state index in [1.54, 1.807) is 6.07 Å². The van der Waals surface area contributed by atoms with Crippen LogP contribution in [0.5, 0.6) is 0 Å². The minimum atomic E-state index is -1.95. The van der Waals surface area contributed by atoms with E-state index < -0.39 is 34.6 Å². The Hall–Kier alpha value is -2.85. The van der Waals surface area contributed by atoms with Crippen LogP contribution in [0, 0.1) is 23.3 Å². The normalized spacial score (nSPS) is 11.3. The standard InChI is InChI=1S/C19H15F4N3O2S/c1-26(2)4-3-24-9-5-10(14(28)8-27)18-13(6-9)25-19(29-18)11-7-12(20)16(22)17(23)15(11)21/h5-8,24H,3-4H2,1-2H3. The molecule has 0 unspecified atom stereocenters. The fourth-order valence-corrected chi connectivity index (χ4v) is 3.72. The first kappa shape index (κ1) is 20.9. The Balaban J connectivity index is 2.13. The first-order valence-corrected chi connectivity index (χ1v) is 9.20. The Morgan fingerprint density at radius 3 is 2.52 bits per heavy atom. The number of aldehydes is 1. The molecular formula is C19H15F4N3O2S. The fraction of sp³-hybridized carbons (Fsp3) is 0.211. The van der Waals surface area contributed by atoms with Crippen molar-refractivity contribution in [2.24, 2.45) is 0 Å². The smallest absolute Gasteiger partial charge is 0.226 e. The van der Waals surface area contributed by atoms with Gasteiger partial charge in [0.1, 0.15) is 5.01 Å². The van der Waals surface area contributed by atoms with Gasteiger partial charge in [-0.1, -0.05) is 0 Å². The number of carbonyl (C=O) groups excluding carboxylic acids is 2. The Kier molecular flexibility index (Phi) is 5.94. The Bertz CT molecular complexity index is 1110. The molecule has 10 heteroatoms. The van der Waals surface area contributed by atoms with Crippen LogP contribution in [-0.2, 0) is 4.79 Å². The summed E-state index contributed by atoms with van der Waals surface area (Å²) in [7, 11) is 3.77. The number of fused-ring (bicyclic) bond motifs is 1. The van der Waals surface area contributed by atoms with Gasteiger partial charge in [-0.05, 0) is 32.3 Å². The molecule has 1 N–H and O–H groups in total. The molecular weight excluding hydrogens is 410 g/mol. The van der Waals surface area contributed by atoms with Crippen molar-refractivity contribution in [3.63, 3.8) is 0 Å². The lowest BCUT2D eigenvalue weighted by molar-refractivity contribution is -0.104. The van der Waals surface area contributed by atoms with Gasteiger partial charge >= 0.3 is 0 Å². The number of thiazole rings is 1. The Morgan fingerprint density at radius 2 is 1.86 bits per heavy atom. The maximum atomic E-state index is 14.1. The van der Waals surface area contributed by atoms with E-state index in [-0.39, 0.29) is 27.1 Å². The topological polar surface area (TPSA) is 62.3 Å². The molecule has 0 radical (unpaired) electrons. The second-order valence-electron chi connectivity index (χ2n) is 6.45. The van der Waals surface area contributed by atoms with Gasteiger partial charge in [0.2, 0.25) is 5.78 Å². The monoisotopic (exact) mass is 425 g/mol. The van der Waals surface area contributed by atoms with Crippen molar-refractivity contribution in [2.75, 3.05) is 32.5 Å². The van der Waals surface area contributed by atoms with E-state index in [0.29, 0.717) is 24.8 Å². The first-order chi connectivity index (χ1) is 13.7. The quantitative estimate of drug-likeness (QED) is 0.156. The highest BCUT2D eigenvalue weighted by Crippen LogP contribution is 2.36. The van der Waals surface area contributed by atoms with Crippen molar-refractivity contribution in [1.29, 1.82) is 0 Å². The summed E-state index contributed by atoms with van der Waals surface area (Å²) in [6, 6.07) is 3.53. The zero-order valence-corrected chi connectivity index (χ0v) is 16.2. The third-order valence-electron chi connectivity index (χ3n) is 4.08. The third-order valence-corrected chi connectivity index (χ3v) is 5.22. The maximum Gasteiger partial charge on any atom is 0.226 e. The highest BCUT2D eigenvalue weighted by atomic mass is 32.1. The molecule has 0 saturated carbocycles. The molecule has 29 heavy (non-hydrogen) atoms. The highest BCUT2D eigenvalue weighted by molar-refractivity contribution is 7.22. The second kappa shape index (κ2) is 8.26. The number of Topliss-reactive ketones (excluding diaryl/α,β-unsaturated/α-hetero) is 1. The predicted octanol–water partition coefficient (Wildman–Crippen LogP) is 3.87. The minimum absolute atomic E-state index is 0.0251. The SMILES string of the molecule is CN(C)CCNc1cc(C(=O)C=O)c2sc(-c3cc(F)c(F)c(F)c3F)nc2c1. The lowest BCUT2D eigenvalue weighted by Gasteiger charge is -2.12. The summed E-state index contributed by atoms with van der Waals surface area (Å²) in [5.41, 5.74) is 0.180. The number of hydrogen-bond acceptors (Lipinski definition) is 6. The van der Waals surface area contributed by atoms with Crippen LogP contribution in [0.3, 0.4) is 0 Å². The molecule has 3 aromatic rings. The number of halogens is 4. The van der Waals surface area contributed by atoms with Crippen molar-refractivity contribution in [3.8, 4) is 10.6 Å². The van der Waals surface area contributed by atoms with Crippen molar-refractivity contribution in [3.05, 3.63) is 47.0 Å². The molecule has 0 atom stereocenters. The van der Waals surface area contributed by atoms with Gasteiger partial charge in [-0.3, -0.25) is 9.59 Å². The van der Waals surface area contributed by atoms with Gasteiger partial charge in [0, 0.05) is 24.3 Å². The molecule has 0 aliphatic carbocycles. The lowest BCUT2D eigenvalue weighted by Crippen LogP contribution is -2.20. The number of hydrogen-bond donors (Lipinski definition) is 1. The van der Waals surface area contributed by atoms with Gasteiger partial charge in [-0.15, -0.1) is 11.3 Å². The molecule has 0 amide bonds. The second-order valence-corrected chi connectivity index (χ2v) is 7.45. The van der Waals surface area contributed by atoms with Crippen molar-refractivity contribution < 1.29 is 27.2 Å². The zero-order valence-electron chi connectivity index (χ0n) is 15.4. The molecule has 1 aromatic heterocycles. The molecule has 0 bridgehead atoms. The van der Waals surface area contributed by atoms with Gasteiger partial charge < -0.3 is 10.2 Å². The number of ketones is 1. The van der Waals surface area contributed by atoms with Gasteiger partial charge in [-0.25, -0.2) is 22.5 Å². The molecule has 0 aliphatic rings. The summed E-state index contributed by atoms with van der Waals surface area (Å²) in [6.45, 7) is 1.23. The van der Waals surface area contributed by atoms with E-state index in [1.807, 2.05) is 19.0 Å². The average molecular weight is 425 g/mol. The van der Waals surface area contributed by atoms with Crippen LogP contribution >= 0.6 is 11.3 Å². The molecule has 0 saturated heterocycles. The van der Waals surface area contributed by atoms with Gasteiger partial charge in [0.05, 0.1) is 15.8 Å². The van der Waals surface area contributed by atoms with E-state index in [2.05, 4.69) is 10.3 Å². The largest absolute Gasteiger partial charge is 0.384 e. The lowest BCUT2D eigenvalue weighted by atomic mass is 10.1. The number of anilines is 1. The number of aromatic nitrogens is 1. The van der Waals surface area contributed by atoms with Crippen LogP contribution in [0.2, 0.25) is 0 Å². The van der Waals surface area contributed by atoms with Crippen molar-refractivity contribution in [2.45, 2.75) is 0 Å². The number of rotatable bonds is 7. The molecule has 2 aromatic carbocycles. The van der Waals surface area contributed by atoms with Crippen LogP contribution < -0.4 is 5.32 Å². The van der Waals surface area contributed by atoms with Crippen LogP contribution in [0.1, 0.15) is 10.4 Å². The maximum absolute atomic E-state index is 14.1. The van der Waals surface area contributed by atoms with Crippen molar-refractivity contribution >= 4 is 39.3 Å². The number of carbonyl (C=O) groups is 2. The summed E-state index contributed by atoms with van der Waals surface area (Å²) in [5, 5.41) is 2.93. The van der Waals surface area contributed by atoms with Gasteiger partial charge in [0.15, 0.2) is 29.6 Å². The predicted molar refractivity (Wildman–Crippen MR) is 102 cm³/mol. The van der Waals surface area contributed by atoms with Crippen LogP contribution in [0.25, 0.3) is 20.8 Å². The van der Waals surface area contributed by atoms with Crippen LogP contribution in [0.15, 0.2) is 18.2 Å². The number of benzene rings is 2. The van der Waals surface area contributed by atoms with Crippen LogP contribution in [0.4, 0.5) is 23.2 Å². The van der Waals surface area contributed by atoms with Gasteiger partial charge in [-0.2, -0.15) is 0 Å². The molecule has 0 spiro atoms. The number of nitrogens with one attached hydrogen (secondary N) is 1. The minimum Gasteiger partial charge on any atom is -0.384 e. The summed E-state index contributed by atoms with van der Waals surface area (Å²) < 4.78 is 54.8. The van der Waals surface area contributed by atoms with Crippen molar-refractivity contribution in [1.82, 2.24) is 9.88 Å². The van der Waals surface area contributed by atoms with E-state index in [9.17, 15) is 27.2 Å². The van der Waals surface area contributed by atoms with Crippen LogP contribution in [-0.4, -0.2) is 49.1 Å². The third kappa shape index (κ3) is 4.13. The van der Waals surface area contributed by atoms with E-state index in [4.69, 9.17) is 0 Å². The first-order valence-electron chi connectivity index (χ1n) is 8.39. The average Bonchev–Trinajstić information content (AvgIpc) is 3.11. The molecule has 0 fully saturated rings. The number of likely N-dealkylation sites (N-methyl/N-ethyl adjacent to an activating group) is 1. The Morgan fingerprint density at radius 1 is 1.14 bits per heavy atom. The number of nitrogens with zero attached hydrogens (tertiary/aromatic N) is 2. The fourth-order valence-electron chi connectivity index (χ4n) is 2.65.